The molecule has 0 radical (unpaired) electrons. The molecule has 1 saturated heterocycles. The minimum Gasteiger partial charge on any atom is -0.388 e. The fraction of sp³-hybridized carbons (Fsp3) is 0.375. The molecular formula is C16H18ClFN4O. The molecule has 2 atom stereocenters. The Hall–Kier alpha value is -1.92. The third-order valence-corrected chi connectivity index (χ3v) is 4.56. The molecule has 1 aliphatic heterocycles. The highest BCUT2D eigenvalue weighted by Gasteiger charge is 2.30. The lowest BCUT2D eigenvalue weighted by molar-refractivity contribution is 0.158. The second kappa shape index (κ2) is 6.68. The molecule has 5 nitrogen and oxygen atoms in total. The molecule has 2 heterocycles. The number of rotatable bonds is 4. The predicted octanol–water partition coefficient (Wildman–Crippen LogP) is 2.94. The number of aromatic nitrogens is 2. The summed E-state index contributed by atoms with van der Waals surface area (Å²) in [6.45, 7) is 0.803. The van der Waals surface area contributed by atoms with Crippen molar-refractivity contribution in [2.24, 2.45) is 0 Å². The maximum atomic E-state index is 13.0. The van der Waals surface area contributed by atoms with Gasteiger partial charge in [0.2, 0.25) is 0 Å². The molecule has 3 N–H and O–H groups in total. The Balaban J connectivity index is 1.76. The van der Waals surface area contributed by atoms with Crippen molar-refractivity contribution >= 4 is 23.2 Å². The Bertz CT molecular complexity index is 682. The molecule has 1 aromatic carbocycles. The number of hydrogen-bond acceptors (Lipinski definition) is 5. The van der Waals surface area contributed by atoms with Crippen molar-refractivity contribution in [3.8, 4) is 0 Å². The summed E-state index contributed by atoms with van der Waals surface area (Å²) in [6, 6.07) is 6.02. The summed E-state index contributed by atoms with van der Waals surface area (Å²) in [5, 5.41) is 10.8. The van der Waals surface area contributed by atoms with E-state index in [-0.39, 0.29) is 17.7 Å². The highest BCUT2D eigenvalue weighted by molar-refractivity contribution is 6.35. The predicted molar refractivity (Wildman–Crippen MR) is 87.8 cm³/mol. The molecule has 7 heteroatoms. The van der Waals surface area contributed by atoms with Crippen molar-refractivity contribution in [3.63, 3.8) is 0 Å². The van der Waals surface area contributed by atoms with Gasteiger partial charge in [-0.15, -0.1) is 0 Å². The van der Waals surface area contributed by atoms with Crippen LogP contribution in [0.3, 0.4) is 0 Å². The minimum absolute atomic E-state index is 0.0989. The van der Waals surface area contributed by atoms with Gasteiger partial charge < -0.3 is 15.7 Å². The molecule has 0 aliphatic carbocycles. The van der Waals surface area contributed by atoms with E-state index in [2.05, 4.69) is 14.9 Å². The van der Waals surface area contributed by atoms with Crippen molar-refractivity contribution in [3.05, 3.63) is 47.0 Å². The van der Waals surface area contributed by atoms with Crippen LogP contribution in [-0.4, -0.2) is 27.7 Å². The van der Waals surface area contributed by atoms with Gasteiger partial charge in [0.25, 0.3) is 0 Å². The summed E-state index contributed by atoms with van der Waals surface area (Å²) < 4.78 is 13.0. The molecule has 0 unspecified atom stereocenters. The van der Waals surface area contributed by atoms with Crippen LogP contribution in [0.1, 0.15) is 30.9 Å². The van der Waals surface area contributed by atoms with Crippen molar-refractivity contribution in [1.82, 2.24) is 9.97 Å². The van der Waals surface area contributed by atoms with E-state index in [0.29, 0.717) is 22.8 Å². The minimum atomic E-state index is -0.667. The smallest absolute Gasteiger partial charge is 0.153 e. The number of aliphatic hydroxyl groups excluding tert-OH is 1. The Labute approximate surface area is 138 Å². The van der Waals surface area contributed by atoms with Crippen molar-refractivity contribution in [1.29, 1.82) is 0 Å². The highest BCUT2D eigenvalue weighted by atomic mass is 35.5. The van der Waals surface area contributed by atoms with Gasteiger partial charge in [0.1, 0.15) is 23.0 Å². The first kappa shape index (κ1) is 16.0. The lowest BCUT2D eigenvalue weighted by Crippen LogP contribution is -2.32. The molecule has 0 saturated carbocycles. The van der Waals surface area contributed by atoms with Gasteiger partial charge in [-0.25, -0.2) is 14.4 Å². The molecule has 0 spiro atoms. The Morgan fingerprint density at radius 1 is 1.35 bits per heavy atom. The fourth-order valence-electron chi connectivity index (χ4n) is 3.01. The molecule has 0 bridgehead atoms. The first-order chi connectivity index (χ1) is 11.1. The second-order valence-corrected chi connectivity index (χ2v) is 6.07. The lowest BCUT2D eigenvalue weighted by atomic mass is 10.0. The number of benzene rings is 1. The summed E-state index contributed by atoms with van der Waals surface area (Å²) in [5.41, 5.74) is 6.45. The number of hydrogen-bond donors (Lipinski definition) is 2. The van der Waals surface area contributed by atoms with E-state index < -0.39 is 6.10 Å². The van der Waals surface area contributed by atoms with Gasteiger partial charge in [0, 0.05) is 12.6 Å². The topological polar surface area (TPSA) is 75.3 Å². The number of nitrogens with zero attached hydrogens (tertiary/aromatic N) is 3. The van der Waals surface area contributed by atoms with Gasteiger partial charge in [-0.05, 0) is 37.0 Å². The van der Waals surface area contributed by atoms with Crippen LogP contribution in [-0.2, 0) is 0 Å². The summed E-state index contributed by atoms with van der Waals surface area (Å²) in [6.07, 6.45) is 3.16. The van der Waals surface area contributed by atoms with E-state index >= 15 is 0 Å². The van der Waals surface area contributed by atoms with Gasteiger partial charge in [-0.1, -0.05) is 23.7 Å². The first-order valence-corrected chi connectivity index (χ1v) is 7.90. The van der Waals surface area contributed by atoms with Crippen LogP contribution in [0.25, 0.3) is 0 Å². The molecule has 0 amide bonds. The van der Waals surface area contributed by atoms with Crippen molar-refractivity contribution < 1.29 is 9.50 Å². The normalized spacial score (nSPS) is 19.1. The zero-order valence-corrected chi connectivity index (χ0v) is 13.2. The number of nitrogens with two attached hydrogens (primary N) is 1. The Kier molecular flexibility index (Phi) is 4.63. The Morgan fingerprint density at radius 2 is 2.09 bits per heavy atom. The van der Waals surface area contributed by atoms with Gasteiger partial charge >= 0.3 is 0 Å². The average molecular weight is 337 g/mol. The third kappa shape index (κ3) is 3.38. The summed E-state index contributed by atoms with van der Waals surface area (Å²) in [7, 11) is 0. The van der Waals surface area contributed by atoms with Gasteiger partial charge in [0.05, 0.1) is 6.10 Å². The van der Waals surface area contributed by atoms with E-state index in [4.69, 9.17) is 17.3 Å². The molecule has 1 aromatic heterocycles. The maximum absolute atomic E-state index is 13.0. The number of anilines is 2. The van der Waals surface area contributed by atoms with E-state index in [1.807, 2.05) is 0 Å². The molecule has 1 fully saturated rings. The molecular weight excluding hydrogens is 319 g/mol. The highest BCUT2D eigenvalue weighted by Crippen LogP contribution is 2.35. The number of nitrogen functional groups attached to an aromatic ring is 1. The zero-order chi connectivity index (χ0) is 16.4. The standard InChI is InChI=1S/C16H18ClFN4O/c17-14-15(19)20-9-21-16(14)22-7-1-2-12(22)8-13(23)10-3-5-11(18)6-4-10/h3-6,9,12-13,23H,1-2,7-8H2,(H2,19,20,21)/t12-,13-/m1/s1. The number of aliphatic hydroxyl groups is 1. The van der Waals surface area contributed by atoms with Gasteiger partial charge in [-0.2, -0.15) is 0 Å². The zero-order valence-electron chi connectivity index (χ0n) is 12.5. The molecule has 3 rings (SSSR count). The van der Waals surface area contributed by atoms with Crippen LogP contribution in [0.15, 0.2) is 30.6 Å². The first-order valence-electron chi connectivity index (χ1n) is 7.52. The molecule has 1 aliphatic rings. The summed E-state index contributed by atoms with van der Waals surface area (Å²) >= 11 is 6.21. The summed E-state index contributed by atoms with van der Waals surface area (Å²) in [4.78, 5) is 10.2. The number of halogens is 2. The Morgan fingerprint density at radius 3 is 2.83 bits per heavy atom. The van der Waals surface area contributed by atoms with Gasteiger partial charge in [-0.3, -0.25) is 0 Å². The molecule has 2 aromatic rings. The largest absolute Gasteiger partial charge is 0.388 e. The SMILES string of the molecule is Nc1ncnc(N2CCC[C@@H]2C[C@@H](O)c2ccc(F)cc2)c1Cl. The van der Waals surface area contributed by atoms with Crippen LogP contribution in [0.4, 0.5) is 16.0 Å². The van der Waals surface area contributed by atoms with E-state index in [0.717, 1.165) is 19.4 Å². The average Bonchev–Trinajstić information content (AvgIpc) is 2.98. The monoisotopic (exact) mass is 336 g/mol. The van der Waals surface area contributed by atoms with E-state index in [1.54, 1.807) is 12.1 Å². The second-order valence-electron chi connectivity index (χ2n) is 5.69. The van der Waals surface area contributed by atoms with Gasteiger partial charge in [0.15, 0.2) is 5.82 Å². The van der Waals surface area contributed by atoms with Crippen molar-refractivity contribution in [2.45, 2.75) is 31.4 Å². The van der Waals surface area contributed by atoms with Crippen LogP contribution < -0.4 is 10.6 Å². The molecule has 23 heavy (non-hydrogen) atoms. The maximum Gasteiger partial charge on any atom is 0.153 e. The van der Waals surface area contributed by atoms with Crippen LogP contribution >= 0.6 is 11.6 Å². The van der Waals surface area contributed by atoms with E-state index in [1.165, 1.54) is 18.5 Å². The lowest BCUT2D eigenvalue weighted by Gasteiger charge is -2.28. The quantitative estimate of drug-likeness (QED) is 0.897. The van der Waals surface area contributed by atoms with Crippen molar-refractivity contribution in [2.75, 3.05) is 17.2 Å². The molecule has 122 valence electrons. The van der Waals surface area contributed by atoms with E-state index in [9.17, 15) is 9.50 Å². The third-order valence-electron chi connectivity index (χ3n) is 4.20. The fourth-order valence-corrected chi connectivity index (χ4v) is 3.22. The summed E-state index contributed by atoms with van der Waals surface area (Å²) in [5.74, 6) is 0.543. The van der Waals surface area contributed by atoms with Crippen LogP contribution in [0.2, 0.25) is 5.02 Å². The van der Waals surface area contributed by atoms with Crippen LogP contribution in [0.5, 0.6) is 0 Å². The van der Waals surface area contributed by atoms with Crippen LogP contribution in [0, 0.1) is 5.82 Å².